The molecule has 54 heavy (non-hydrogen) atoms. The molecular weight excluding hydrogens is 680 g/mol. The highest BCUT2D eigenvalue weighted by atomic mass is 16.4. The number of benzene rings is 9. The summed E-state index contributed by atoms with van der Waals surface area (Å²) < 4.78 is 0. The monoisotopic (exact) mass is 710 g/mol. The second-order valence-corrected chi connectivity index (χ2v) is 13.3. The van der Waals surface area contributed by atoms with E-state index >= 15 is 0 Å². The summed E-state index contributed by atoms with van der Waals surface area (Å²) in [6.07, 6.45) is 0. The lowest BCUT2D eigenvalue weighted by Gasteiger charge is -2.22. The zero-order chi connectivity index (χ0) is 37.4. The van der Waals surface area contributed by atoms with E-state index < -0.39 is 46.0 Å². The Balaban J connectivity index is 1.35. The van der Waals surface area contributed by atoms with Gasteiger partial charge in [-0.1, -0.05) is 115 Å². The number of hydrogen-bond donors (Lipinski definition) is 8. The van der Waals surface area contributed by atoms with Crippen LogP contribution < -0.4 is 0 Å². The van der Waals surface area contributed by atoms with Gasteiger partial charge in [0.25, 0.3) is 0 Å². The molecule has 0 aliphatic heterocycles. The van der Waals surface area contributed by atoms with Crippen LogP contribution in [-0.2, 0) is 0 Å². The molecule has 9 aromatic rings. The summed E-state index contributed by atoms with van der Waals surface area (Å²) in [5.74, 6) is -7.35. The molecular formula is C46H30O8. The summed E-state index contributed by atoms with van der Waals surface area (Å²) in [6.45, 7) is 0. The van der Waals surface area contributed by atoms with Gasteiger partial charge in [-0.3, -0.25) is 0 Å². The molecule has 0 aromatic heterocycles. The molecule has 0 amide bonds. The minimum absolute atomic E-state index is 0.00299. The third kappa shape index (κ3) is 4.78. The van der Waals surface area contributed by atoms with Gasteiger partial charge in [-0.15, -0.1) is 0 Å². The van der Waals surface area contributed by atoms with Gasteiger partial charge in [-0.05, 0) is 73.1 Å². The average Bonchev–Trinajstić information content (AvgIpc) is 3.22. The molecule has 0 aliphatic rings. The summed E-state index contributed by atoms with van der Waals surface area (Å²) in [4.78, 5) is 0. The Bertz CT molecular complexity index is 2930. The lowest BCUT2D eigenvalue weighted by atomic mass is 9.83. The third-order valence-corrected chi connectivity index (χ3v) is 10.3. The van der Waals surface area contributed by atoms with Gasteiger partial charge in [0.05, 0.1) is 0 Å². The minimum Gasteiger partial charge on any atom is -0.504 e. The Morgan fingerprint density at radius 3 is 1.04 bits per heavy atom. The Kier molecular flexibility index (Phi) is 7.19. The van der Waals surface area contributed by atoms with E-state index in [1.807, 2.05) is 109 Å². The molecule has 0 bridgehead atoms. The minimum atomic E-state index is -1.02. The first-order chi connectivity index (χ1) is 26.1. The molecule has 0 unspecified atom stereocenters. The normalized spacial score (nSPS) is 11.6. The van der Waals surface area contributed by atoms with Gasteiger partial charge >= 0.3 is 0 Å². The molecule has 8 nitrogen and oxygen atoms in total. The highest BCUT2D eigenvalue weighted by molar-refractivity contribution is 6.29. The van der Waals surface area contributed by atoms with Crippen LogP contribution in [0.5, 0.6) is 46.0 Å². The fraction of sp³-hybridized carbons (Fsp3) is 0. The maximum atomic E-state index is 11.6. The smallest absolute Gasteiger partial charge is 0.204 e. The molecule has 0 heterocycles. The van der Waals surface area contributed by atoms with Crippen LogP contribution in [0.25, 0.3) is 87.6 Å². The lowest BCUT2D eigenvalue weighted by molar-refractivity contribution is 0.350. The van der Waals surface area contributed by atoms with Crippen LogP contribution in [0, 0.1) is 0 Å². The van der Waals surface area contributed by atoms with E-state index in [0.717, 1.165) is 43.8 Å². The molecule has 0 atom stereocenters. The van der Waals surface area contributed by atoms with Gasteiger partial charge in [-0.25, -0.2) is 0 Å². The van der Waals surface area contributed by atoms with Crippen LogP contribution in [0.4, 0.5) is 0 Å². The molecule has 262 valence electrons. The highest BCUT2D eigenvalue weighted by Crippen LogP contribution is 2.62. The first-order valence-electron chi connectivity index (χ1n) is 17.1. The zero-order valence-corrected chi connectivity index (χ0v) is 28.3. The number of phenols is 8. The van der Waals surface area contributed by atoms with Gasteiger partial charge < -0.3 is 40.9 Å². The van der Waals surface area contributed by atoms with Crippen molar-refractivity contribution in [1.29, 1.82) is 0 Å². The van der Waals surface area contributed by atoms with Gasteiger partial charge in [0.15, 0.2) is 23.0 Å². The fourth-order valence-electron chi connectivity index (χ4n) is 7.61. The maximum Gasteiger partial charge on any atom is 0.204 e. The van der Waals surface area contributed by atoms with Crippen LogP contribution in [-0.4, -0.2) is 40.9 Å². The summed E-state index contributed by atoms with van der Waals surface area (Å²) in [6, 6.07) is 42.0. The number of hydrogen-bond acceptors (Lipinski definition) is 8. The van der Waals surface area contributed by atoms with E-state index in [9.17, 15) is 40.9 Å². The SMILES string of the molecule is Oc1c(O)c(O)c2c(-c3ccc4cc(-c5ccccc5)ccc4c3)c3c(O)c(O)c(O)c(O)c3c(-c3ccc(-c4ccc5ccccc5c4)cc3)c2c1O. The molecule has 8 heteroatoms. The predicted octanol–water partition coefficient (Wildman–Crippen LogP) is 10.6. The molecule has 0 saturated heterocycles. The van der Waals surface area contributed by atoms with Crippen molar-refractivity contribution in [1.82, 2.24) is 0 Å². The number of phenolic OH excluding ortho intramolecular Hbond substituents is 8. The standard InChI is InChI=1S/C46H30O8/c47-39-35-33(26-13-10-25(11-14-26)29-15-12-24-8-4-5-9-27(24)20-29)36-38(42(50)46(54)44(52)40(36)48)34(37(35)41(49)45(53)43(39)51)32-19-18-30-21-28(16-17-31(30)22-32)23-6-2-1-3-7-23/h1-22,47-54H. The number of fused-ring (bicyclic) bond motifs is 4. The van der Waals surface area contributed by atoms with Gasteiger partial charge in [0, 0.05) is 32.7 Å². The van der Waals surface area contributed by atoms with Gasteiger partial charge in [0.2, 0.25) is 23.0 Å². The van der Waals surface area contributed by atoms with Crippen LogP contribution >= 0.6 is 0 Å². The number of rotatable bonds is 4. The maximum absolute atomic E-state index is 11.6. The largest absolute Gasteiger partial charge is 0.504 e. The first-order valence-corrected chi connectivity index (χ1v) is 17.1. The van der Waals surface area contributed by atoms with Crippen LogP contribution in [0.2, 0.25) is 0 Å². The van der Waals surface area contributed by atoms with E-state index in [1.165, 1.54) is 0 Å². The lowest BCUT2D eigenvalue weighted by Crippen LogP contribution is -1.95. The first kappa shape index (κ1) is 32.3. The highest BCUT2D eigenvalue weighted by Gasteiger charge is 2.32. The molecule has 8 N–H and O–H groups in total. The van der Waals surface area contributed by atoms with E-state index in [2.05, 4.69) is 0 Å². The summed E-state index contributed by atoms with van der Waals surface area (Å²) in [7, 11) is 0. The van der Waals surface area contributed by atoms with Crippen molar-refractivity contribution in [2.45, 2.75) is 0 Å². The van der Waals surface area contributed by atoms with Crippen molar-refractivity contribution in [3.05, 3.63) is 133 Å². The summed E-state index contributed by atoms with van der Waals surface area (Å²) in [5, 5.41) is 92.9. The second kappa shape index (κ2) is 12.0. The summed E-state index contributed by atoms with van der Waals surface area (Å²) in [5.41, 5.74) is 4.44. The topological polar surface area (TPSA) is 162 Å². The summed E-state index contributed by atoms with van der Waals surface area (Å²) >= 11 is 0. The van der Waals surface area contributed by atoms with Gasteiger partial charge in [0.1, 0.15) is 0 Å². The van der Waals surface area contributed by atoms with Crippen molar-refractivity contribution in [3.8, 4) is 90.5 Å². The van der Waals surface area contributed by atoms with E-state index in [-0.39, 0.29) is 32.7 Å². The molecule has 9 rings (SSSR count). The van der Waals surface area contributed by atoms with Crippen molar-refractivity contribution >= 4 is 43.1 Å². The molecule has 0 spiro atoms. The second-order valence-electron chi connectivity index (χ2n) is 13.3. The van der Waals surface area contributed by atoms with Crippen molar-refractivity contribution in [3.63, 3.8) is 0 Å². The molecule has 0 fully saturated rings. The van der Waals surface area contributed by atoms with Crippen molar-refractivity contribution < 1.29 is 40.9 Å². The molecule has 0 radical (unpaired) electrons. The fourth-order valence-corrected chi connectivity index (χ4v) is 7.61. The Morgan fingerprint density at radius 1 is 0.222 bits per heavy atom. The Morgan fingerprint density at radius 2 is 0.537 bits per heavy atom. The molecule has 9 aromatic carbocycles. The molecule has 0 saturated carbocycles. The molecule has 0 aliphatic carbocycles. The van der Waals surface area contributed by atoms with Crippen LogP contribution in [0.15, 0.2) is 133 Å². The van der Waals surface area contributed by atoms with Crippen molar-refractivity contribution in [2.24, 2.45) is 0 Å². The number of aromatic hydroxyl groups is 8. The predicted molar refractivity (Wildman–Crippen MR) is 212 cm³/mol. The zero-order valence-electron chi connectivity index (χ0n) is 28.3. The quantitative estimate of drug-likeness (QED) is 0.0508. The third-order valence-electron chi connectivity index (χ3n) is 10.3. The van der Waals surface area contributed by atoms with Crippen molar-refractivity contribution in [2.75, 3.05) is 0 Å². The van der Waals surface area contributed by atoms with E-state index in [0.29, 0.717) is 11.1 Å². The Hall–Kier alpha value is -7.58. The van der Waals surface area contributed by atoms with E-state index in [4.69, 9.17) is 0 Å². The van der Waals surface area contributed by atoms with E-state index in [1.54, 1.807) is 24.3 Å². The average molecular weight is 711 g/mol. The van der Waals surface area contributed by atoms with Crippen LogP contribution in [0.1, 0.15) is 0 Å². The van der Waals surface area contributed by atoms with Crippen LogP contribution in [0.3, 0.4) is 0 Å². The van der Waals surface area contributed by atoms with Gasteiger partial charge in [-0.2, -0.15) is 0 Å². The Labute approximate surface area is 307 Å².